The smallest absolute Gasteiger partial charge is 0.303 e. The molecule has 1 aromatic rings. The lowest BCUT2D eigenvalue weighted by Gasteiger charge is -2.33. The average Bonchev–Trinajstić information content (AvgIpc) is 2.29. The monoisotopic (exact) mass is 345 g/mol. The van der Waals surface area contributed by atoms with E-state index >= 15 is 0 Å². The van der Waals surface area contributed by atoms with Gasteiger partial charge in [-0.1, -0.05) is 6.07 Å². The third-order valence-electron chi connectivity index (χ3n) is 3.25. The number of piperidine rings is 1. The van der Waals surface area contributed by atoms with Crippen molar-refractivity contribution in [1.82, 2.24) is 0 Å². The highest BCUT2D eigenvalue weighted by Crippen LogP contribution is 2.26. The molecular weight excluding hydrogens is 329 g/mol. The predicted molar refractivity (Wildman–Crippen MR) is 76.3 cm³/mol. The number of halogens is 1. The number of carboxylic acids is 1. The number of hydrogen-bond acceptors (Lipinski definition) is 2. The summed E-state index contributed by atoms with van der Waals surface area (Å²) in [5.41, 5.74) is 1.26. The Bertz CT molecular complexity index is 400. The summed E-state index contributed by atoms with van der Waals surface area (Å²) in [7, 11) is 0. The highest BCUT2D eigenvalue weighted by Gasteiger charge is 2.21. The van der Waals surface area contributed by atoms with Crippen LogP contribution in [-0.4, -0.2) is 24.2 Å². The van der Waals surface area contributed by atoms with Gasteiger partial charge in [0.05, 0.1) is 0 Å². The molecule has 0 radical (unpaired) electrons. The Labute approximate surface area is 115 Å². The van der Waals surface area contributed by atoms with Crippen LogP contribution in [0.5, 0.6) is 0 Å². The molecule has 0 spiro atoms. The molecule has 0 aliphatic carbocycles. The fraction of sp³-hybridized carbons (Fsp3) is 0.462. The van der Waals surface area contributed by atoms with Gasteiger partial charge in [0, 0.05) is 28.8 Å². The molecule has 1 saturated heterocycles. The van der Waals surface area contributed by atoms with Crippen LogP contribution in [0.3, 0.4) is 0 Å². The van der Waals surface area contributed by atoms with Gasteiger partial charge in [0.15, 0.2) is 0 Å². The van der Waals surface area contributed by atoms with Gasteiger partial charge in [-0.05, 0) is 59.5 Å². The number of hydrogen-bond donors (Lipinski definition) is 1. The van der Waals surface area contributed by atoms with Crippen LogP contribution < -0.4 is 4.90 Å². The molecule has 0 amide bonds. The molecule has 0 unspecified atom stereocenters. The fourth-order valence-corrected chi connectivity index (χ4v) is 2.84. The Morgan fingerprint density at radius 3 is 2.71 bits per heavy atom. The zero-order valence-electron chi connectivity index (χ0n) is 9.60. The standard InChI is InChI=1S/C13H16INO2/c14-11-2-1-3-12(9-11)15-6-4-10(5-7-15)8-13(16)17/h1-3,9-10H,4-8H2,(H,16,17). The van der Waals surface area contributed by atoms with Crippen LogP contribution in [0.2, 0.25) is 0 Å². The van der Waals surface area contributed by atoms with Gasteiger partial charge in [-0.15, -0.1) is 0 Å². The van der Waals surface area contributed by atoms with Crippen molar-refractivity contribution < 1.29 is 9.90 Å². The first-order chi connectivity index (χ1) is 8.15. The third kappa shape index (κ3) is 3.59. The number of benzene rings is 1. The predicted octanol–water partition coefficient (Wildman–Crippen LogP) is 2.98. The van der Waals surface area contributed by atoms with Crippen LogP contribution in [-0.2, 0) is 4.79 Å². The summed E-state index contributed by atoms with van der Waals surface area (Å²) in [6, 6.07) is 8.46. The Balaban J connectivity index is 1.93. The first-order valence-electron chi connectivity index (χ1n) is 5.87. The van der Waals surface area contributed by atoms with Crippen molar-refractivity contribution in [3.8, 4) is 0 Å². The van der Waals surface area contributed by atoms with Gasteiger partial charge in [-0.2, -0.15) is 0 Å². The molecule has 1 heterocycles. The van der Waals surface area contributed by atoms with Crippen molar-refractivity contribution in [2.45, 2.75) is 19.3 Å². The Morgan fingerprint density at radius 2 is 2.12 bits per heavy atom. The van der Waals surface area contributed by atoms with Crippen LogP contribution >= 0.6 is 22.6 Å². The molecule has 4 heteroatoms. The summed E-state index contributed by atoms with van der Waals surface area (Å²) in [6.07, 6.45) is 2.29. The Morgan fingerprint density at radius 1 is 1.41 bits per heavy atom. The summed E-state index contributed by atoms with van der Waals surface area (Å²) in [4.78, 5) is 13.0. The number of aliphatic carboxylic acids is 1. The van der Waals surface area contributed by atoms with Crippen molar-refractivity contribution >= 4 is 34.2 Å². The fourth-order valence-electron chi connectivity index (χ4n) is 2.32. The maximum atomic E-state index is 10.6. The maximum Gasteiger partial charge on any atom is 0.303 e. The zero-order chi connectivity index (χ0) is 12.3. The molecule has 1 aromatic carbocycles. The molecule has 2 rings (SSSR count). The van der Waals surface area contributed by atoms with E-state index < -0.39 is 5.97 Å². The van der Waals surface area contributed by atoms with Crippen LogP contribution in [0.4, 0.5) is 5.69 Å². The molecule has 0 saturated carbocycles. The largest absolute Gasteiger partial charge is 0.481 e. The quantitative estimate of drug-likeness (QED) is 0.857. The van der Waals surface area contributed by atoms with Gasteiger partial charge < -0.3 is 10.0 Å². The van der Waals surface area contributed by atoms with E-state index in [9.17, 15) is 4.79 Å². The van der Waals surface area contributed by atoms with Crippen LogP contribution in [0, 0.1) is 9.49 Å². The minimum Gasteiger partial charge on any atom is -0.481 e. The second-order valence-corrected chi connectivity index (χ2v) is 5.75. The molecule has 1 fully saturated rings. The number of carboxylic acid groups (broad SMARTS) is 1. The molecule has 1 aliphatic heterocycles. The molecule has 3 nitrogen and oxygen atoms in total. The van der Waals surface area contributed by atoms with E-state index in [1.54, 1.807) is 0 Å². The summed E-state index contributed by atoms with van der Waals surface area (Å²) in [6.45, 7) is 1.94. The minimum absolute atomic E-state index is 0.320. The molecule has 17 heavy (non-hydrogen) atoms. The minimum atomic E-state index is -0.669. The van der Waals surface area contributed by atoms with Gasteiger partial charge in [0.2, 0.25) is 0 Å². The van der Waals surface area contributed by atoms with Gasteiger partial charge in [0.25, 0.3) is 0 Å². The van der Waals surface area contributed by atoms with Crippen LogP contribution in [0.1, 0.15) is 19.3 Å². The molecular formula is C13H16INO2. The first-order valence-corrected chi connectivity index (χ1v) is 6.95. The van der Waals surface area contributed by atoms with E-state index in [4.69, 9.17) is 5.11 Å². The lowest BCUT2D eigenvalue weighted by Crippen LogP contribution is -2.34. The second-order valence-electron chi connectivity index (χ2n) is 4.51. The molecule has 0 aromatic heterocycles. The van der Waals surface area contributed by atoms with E-state index in [1.807, 2.05) is 0 Å². The Kier molecular flexibility index (Phi) is 4.25. The highest BCUT2D eigenvalue weighted by atomic mass is 127. The lowest BCUT2D eigenvalue weighted by atomic mass is 9.93. The zero-order valence-corrected chi connectivity index (χ0v) is 11.8. The maximum absolute atomic E-state index is 10.6. The van der Waals surface area contributed by atoms with E-state index in [2.05, 4.69) is 51.8 Å². The second kappa shape index (κ2) is 5.71. The molecule has 1 aliphatic rings. The Hall–Kier alpha value is -0.780. The van der Waals surface area contributed by atoms with Crippen LogP contribution in [0.25, 0.3) is 0 Å². The molecule has 0 bridgehead atoms. The normalized spacial score (nSPS) is 17.1. The van der Waals surface area contributed by atoms with E-state index in [0.717, 1.165) is 25.9 Å². The van der Waals surface area contributed by atoms with Crippen molar-refractivity contribution in [1.29, 1.82) is 0 Å². The lowest BCUT2D eigenvalue weighted by molar-refractivity contribution is -0.138. The molecule has 1 N–H and O–H groups in total. The van der Waals surface area contributed by atoms with Crippen molar-refractivity contribution in [3.05, 3.63) is 27.8 Å². The van der Waals surface area contributed by atoms with Crippen LogP contribution in [0.15, 0.2) is 24.3 Å². The molecule has 92 valence electrons. The van der Waals surface area contributed by atoms with E-state index in [0.29, 0.717) is 12.3 Å². The van der Waals surface area contributed by atoms with Gasteiger partial charge in [0.1, 0.15) is 0 Å². The van der Waals surface area contributed by atoms with Gasteiger partial charge in [-0.25, -0.2) is 0 Å². The number of carbonyl (C=O) groups is 1. The first kappa shape index (κ1) is 12.7. The third-order valence-corrected chi connectivity index (χ3v) is 3.92. The SMILES string of the molecule is O=C(O)CC1CCN(c2cccc(I)c2)CC1. The average molecular weight is 345 g/mol. The topological polar surface area (TPSA) is 40.5 Å². The van der Waals surface area contributed by atoms with Crippen molar-refractivity contribution in [3.63, 3.8) is 0 Å². The van der Waals surface area contributed by atoms with E-state index in [-0.39, 0.29) is 0 Å². The summed E-state index contributed by atoms with van der Waals surface area (Å²) in [5.74, 6) is -0.316. The summed E-state index contributed by atoms with van der Waals surface area (Å²) in [5, 5.41) is 8.77. The molecule has 0 atom stereocenters. The number of nitrogens with zero attached hydrogens (tertiary/aromatic N) is 1. The summed E-state index contributed by atoms with van der Waals surface area (Å²) >= 11 is 2.32. The highest BCUT2D eigenvalue weighted by molar-refractivity contribution is 14.1. The van der Waals surface area contributed by atoms with Gasteiger partial charge in [-0.3, -0.25) is 4.79 Å². The number of rotatable bonds is 3. The summed E-state index contributed by atoms with van der Waals surface area (Å²) < 4.78 is 1.24. The van der Waals surface area contributed by atoms with Crippen molar-refractivity contribution in [2.75, 3.05) is 18.0 Å². The van der Waals surface area contributed by atoms with Gasteiger partial charge >= 0.3 is 5.97 Å². The van der Waals surface area contributed by atoms with Crippen molar-refractivity contribution in [2.24, 2.45) is 5.92 Å². The van der Waals surface area contributed by atoms with E-state index in [1.165, 1.54) is 9.26 Å². The number of anilines is 1.